The highest BCUT2D eigenvalue weighted by Gasteiger charge is 2.16. The molecule has 0 aliphatic rings. The molecular weight excluding hydrogens is 306 g/mol. The first-order chi connectivity index (χ1) is 11.2. The second-order valence-electron chi connectivity index (χ2n) is 5.07. The fourth-order valence-corrected chi connectivity index (χ4v) is 3.52. The largest absolute Gasteiger partial charge is 0.269 e. The maximum Gasteiger partial charge on any atom is 0.269 e. The molecule has 0 N–H and O–H groups in total. The van der Waals surface area contributed by atoms with Crippen molar-refractivity contribution in [2.24, 2.45) is 0 Å². The first-order valence-electron chi connectivity index (χ1n) is 7.25. The van der Waals surface area contributed by atoms with E-state index in [0.29, 0.717) is 0 Å². The zero-order valence-corrected chi connectivity index (χ0v) is 13.1. The van der Waals surface area contributed by atoms with E-state index in [4.69, 9.17) is 0 Å². The molecule has 23 heavy (non-hydrogen) atoms. The summed E-state index contributed by atoms with van der Waals surface area (Å²) in [6.07, 6.45) is 0. The van der Waals surface area contributed by atoms with Crippen molar-refractivity contribution < 1.29 is 4.92 Å². The Labute approximate surface area is 139 Å². The van der Waals surface area contributed by atoms with Gasteiger partial charge in [-0.05, 0) is 23.3 Å². The van der Waals surface area contributed by atoms with Crippen LogP contribution in [0.3, 0.4) is 0 Å². The number of thioether (sulfide) groups is 1. The second-order valence-corrected chi connectivity index (χ2v) is 6.25. The number of nitrogens with zero attached hydrogens (tertiary/aromatic N) is 1. The van der Waals surface area contributed by atoms with Gasteiger partial charge in [0.15, 0.2) is 0 Å². The Balaban J connectivity index is 1.92. The van der Waals surface area contributed by atoms with Crippen molar-refractivity contribution in [3.05, 3.63) is 106 Å². The van der Waals surface area contributed by atoms with Crippen LogP contribution >= 0.6 is 11.8 Å². The van der Waals surface area contributed by atoms with E-state index in [-0.39, 0.29) is 15.9 Å². The normalized spacial score (nSPS) is 10.7. The molecular formula is C19H15NO2S. The zero-order chi connectivity index (χ0) is 16.1. The van der Waals surface area contributed by atoms with Gasteiger partial charge in [0.25, 0.3) is 5.69 Å². The number of hydrogen-bond donors (Lipinski definition) is 0. The maximum atomic E-state index is 10.8. The number of non-ortho nitro benzene ring substituents is 1. The second kappa shape index (κ2) is 7.11. The summed E-state index contributed by atoms with van der Waals surface area (Å²) in [6, 6.07) is 27.3. The number of nitro benzene ring substituents is 1. The van der Waals surface area contributed by atoms with Gasteiger partial charge in [-0.3, -0.25) is 10.1 Å². The molecule has 0 amide bonds. The highest BCUT2D eigenvalue weighted by molar-refractivity contribution is 7.99. The molecule has 114 valence electrons. The van der Waals surface area contributed by atoms with E-state index >= 15 is 0 Å². The molecule has 0 aliphatic carbocycles. The highest BCUT2D eigenvalue weighted by atomic mass is 32.2. The van der Waals surface area contributed by atoms with E-state index in [0.717, 1.165) is 4.90 Å². The van der Waals surface area contributed by atoms with Crippen LogP contribution < -0.4 is 0 Å². The van der Waals surface area contributed by atoms with Gasteiger partial charge < -0.3 is 0 Å². The summed E-state index contributed by atoms with van der Waals surface area (Å²) in [5.74, 6) is 0. The average Bonchev–Trinajstić information content (AvgIpc) is 2.61. The van der Waals surface area contributed by atoms with Crippen LogP contribution in [0.1, 0.15) is 16.4 Å². The molecule has 3 rings (SSSR count). The molecule has 0 saturated heterocycles. The fourth-order valence-electron chi connectivity index (χ4n) is 2.37. The van der Waals surface area contributed by atoms with Gasteiger partial charge in [0.1, 0.15) is 0 Å². The molecule has 3 aromatic carbocycles. The van der Waals surface area contributed by atoms with Gasteiger partial charge in [-0.25, -0.2) is 0 Å². The first kappa shape index (κ1) is 15.3. The predicted octanol–water partition coefficient (Wildman–Crippen LogP) is 5.48. The van der Waals surface area contributed by atoms with Crippen LogP contribution in [0.15, 0.2) is 89.8 Å². The van der Waals surface area contributed by atoms with Crippen LogP contribution in [-0.2, 0) is 0 Å². The van der Waals surface area contributed by atoms with E-state index in [2.05, 4.69) is 24.3 Å². The topological polar surface area (TPSA) is 43.1 Å². The molecule has 0 bridgehead atoms. The van der Waals surface area contributed by atoms with E-state index in [1.54, 1.807) is 23.9 Å². The molecule has 4 heteroatoms. The number of hydrogen-bond acceptors (Lipinski definition) is 3. The standard InChI is InChI=1S/C19H15NO2S/c21-20(22)17-11-13-18(14-12-17)23-19(15-7-3-1-4-8-15)16-9-5-2-6-10-16/h1-14,19H. The molecule has 0 aromatic heterocycles. The lowest BCUT2D eigenvalue weighted by atomic mass is 10.0. The number of rotatable bonds is 5. The SMILES string of the molecule is O=[N+]([O-])c1ccc(SC(c2ccccc2)c2ccccc2)cc1. The molecule has 0 unspecified atom stereocenters. The molecule has 0 heterocycles. The Kier molecular flexibility index (Phi) is 4.74. The quantitative estimate of drug-likeness (QED) is 0.355. The van der Waals surface area contributed by atoms with Crippen LogP contribution in [0.2, 0.25) is 0 Å². The van der Waals surface area contributed by atoms with Crippen molar-refractivity contribution in [2.45, 2.75) is 10.1 Å². The molecule has 0 aliphatic heterocycles. The van der Waals surface area contributed by atoms with Gasteiger partial charge in [0, 0.05) is 17.0 Å². The molecule has 0 spiro atoms. The van der Waals surface area contributed by atoms with Crippen LogP contribution in [-0.4, -0.2) is 4.92 Å². The van der Waals surface area contributed by atoms with E-state index in [1.807, 2.05) is 48.5 Å². The van der Waals surface area contributed by atoms with Crippen molar-refractivity contribution in [1.29, 1.82) is 0 Å². The molecule has 0 radical (unpaired) electrons. The first-order valence-corrected chi connectivity index (χ1v) is 8.13. The lowest BCUT2D eigenvalue weighted by molar-refractivity contribution is -0.384. The summed E-state index contributed by atoms with van der Waals surface area (Å²) >= 11 is 1.69. The van der Waals surface area contributed by atoms with Crippen LogP contribution in [0, 0.1) is 10.1 Å². The zero-order valence-electron chi connectivity index (χ0n) is 12.3. The van der Waals surface area contributed by atoms with Gasteiger partial charge in [0.05, 0.1) is 10.2 Å². The smallest absolute Gasteiger partial charge is 0.258 e. The van der Waals surface area contributed by atoms with Crippen molar-refractivity contribution in [2.75, 3.05) is 0 Å². The Morgan fingerprint density at radius 2 is 1.22 bits per heavy atom. The molecule has 0 saturated carbocycles. The third kappa shape index (κ3) is 3.79. The maximum absolute atomic E-state index is 10.8. The average molecular weight is 321 g/mol. The molecule has 3 nitrogen and oxygen atoms in total. The summed E-state index contributed by atoms with van der Waals surface area (Å²) in [6.45, 7) is 0. The van der Waals surface area contributed by atoms with Gasteiger partial charge in [-0.2, -0.15) is 0 Å². The molecule has 3 aromatic rings. The Morgan fingerprint density at radius 1 is 0.739 bits per heavy atom. The van der Waals surface area contributed by atoms with E-state index in [9.17, 15) is 10.1 Å². The highest BCUT2D eigenvalue weighted by Crippen LogP contribution is 2.40. The third-order valence-electron chi connectivity index (χ3n) is 3.51. The number of benzene rings is 3. The van der Waals surface area contributed by atoms with Crippen LogP contribution in [0.25, 0.3) is 0 Å². The fraction of sp³-hybridized carbons (Fsp3) is 0.0526. The Morgan fingerprint density at radius 3 is 1.65 bits per heavy atom. The molecule has 0 fully saturated rings. The minimum Gasteiger partial charge on any atom is -0.258 e. The van der Waals surface area contributed by atoms with Gasteiger partial charge in [-0.15, -0.1) is 11.8 Å². The van der Waals surface area contributed by atoms with E-state index in [1.165, 1.54) is 11.1 Å². The Bertz CT molecular complexity index is 734. The van der Waals surface area contributed by atoms with Crippen LogP contribution in [0.5, 0.6) is 0 Å². The number of nitro groups is 1. The van der Waals surface area contributed by atoms with E-state index < -0.39 is 0 Å². The van der Waals surface area contributed by atoms with Crippen molar-refractivity contribution in [3.63, 3.8) is 0 Å². The third-order valence-corrected chi connectivity index (χ3v) is 4.83. The minimum atomic E-state index is -0.375. The summed E-state index contributed by atoms with van der Waals surface area (Å²) in [5, 5.41) is 10.9. The summed E-state index contributed by atoms with van der Waals surface area (Å²) in [7, 11) is 0. The monoisotopic (exact) mass is 321 g/mol. The van der Waals surface area contributed by atoms with Crippen molar-refractivity contribution in [3.8, 4) is 0 Å². The predicted molar refractivity (Wildman–Crippen MR) is 93.7 cm³/mol. The lowest BCUT2D eigenvalue weighted by Crippen LogP contribution is -1.96. The van der Waals surface area contributed by atoms with Crippen molar-refractivity contribution in [1.82, 2.24) is 0 Å². The van der Waals surface area contributed by atoms with Crippen LogP contribution in [0.4, 0.5) is 5.69 Å². The van der Waals surface area contributed by atoms with Crippen molar-refractivity contribution >= 4 is 17.4 Å². The summed E-state index contributed by atoms with van der Waals surface area (Å²) in [5.41, 5.74) is 2.54. The Hall–Kier alpha value is -2.59. The van der Waals surface area contributed by atoms with Gasteiger partial charge in [-0.1, -0.05) is 60.7 Å². The summed E-state index contributed by atoms with van der Waals surface area (Å²) < 4.78 is 0. The lowest BCUT2D eigenvalue weighted by Gasteiger charge is -2.17. The van der Waals surface area contributed by atoms with Gasteiger partial charge in [0.2, 0.25) is 0 Å². The summed E-state index contributed by atoms with van der Waals surface area (Å²) in [4.78, 5) is 11.4. The minimum absolute atomic E-state index is 0.116. The molecule has 0 atom stereocenters. The van der Waals surface area contributed by atoms with Gasteiger partial charge >= 0.3 is 0 Å².